The summed E-state index contributed by atoms with van der Waals surface area (Å²) in [5.74, 6) is -0.460. The fourth-order valence-electron chi connectivity index (χ4n) is 2.29. The van der Waals surface area contributed by atoms with Gasteiger partial charge in [0.05, 0.1) is 0 Å². The Labute approximate surface area is 112 Å². The van der Waals surface area contributed by atoms with Crippen LogP contribution in [0.5, 0.6) is 0 Å². The molecule has 18 heavy (non-hydrogen) atoms. The standard InChI is InChI=1S/C14H17ClFNO/c1-10-5-6-11(16)9-12(10)13(15)14(18)17-7-3-2-4-8-17/h5-6,9,13H,2-4,7-8H2,1H3. The Balaban J connectivity index is 2.16. The van der Waals surface area contributed by atoms with Crippen molar-refractivity contribution in [2.24, 2.45) is 0 Å². The van der Waals surface area contributed by atoms with E-state index in [0.717, 1.165) is 37.9 Å². The van der Waals surface area contributed by atoms with Crippen molar-refractivity contribution >= 4 is 17.5 Å². The second-order valence-electron chi connectivity index (χ2n) is 4.75. The molecule has 0 bridgehead atoms. The lowest BCUT2D eigenvalue weighted by atomic mass is 10.0. The third kappa shape index (κ3) is 2.83. The molecule has 1 aromatic carbocycles. The van der Waals surface area contributed by atoms with Crippen LogP contribution in [0.4, 0.5) is 4.39 Å². The number of piperidine rings is 1. The topological polar surface area (TPSA) is 20.3 Å². The summed E-state index contributed by atoms with van der Waals surface area (Å²) in [7, 11) is 0. The number of hydrogen-bond donors (Lipinski definition) is 0. The molecule has 0 aliphatic carbocycles. The number of halogens is 2. The largest absolute Gasteiger partial charge is 0.341 e. The minimum absolute atomic E-state index is 0.106. The van der Waals surface area contributed by atoms with Gasteiger partial charge in [0.25, 0.3) is 0 Å². The summed E-state index contributed by atoms with van der Waals surface area (Å²) in [4.78, 5) is 14.0. The van der Waals surface area contributed by atoms with Crippen LogP contribution in [-0.4, -0.2) is 23.9 Å². The number of alkyl halides is 1. The van der Waals surface area contributed by atoms with E-state index in [1.807, 2.05) is 6.92 Å². The fraction of sp³-hybridized carbons (Fsp3) is 0.500. The molecule has 1 unspecified atom stereocenters. The first-order valence-corrected chi connectivity index (χ1v) is 6.72. The summed E-state index contributed by atoms with van der Waals surface area (Å²) in [6, 6.07) is 4.40. The molecule has 4 heteroatoms. The van der Waals surface area contributed by atoms with E-state index in [9.17, 15) is 9.18 Å². The molecular formula is C14H17ClFNO. The first-order chi connectivity index (χ1) is 8.59. The zero-order chi connectivity index (χ0) is 13.1. The monoisotopic (exact) mass is 269 g/mol. The van der Waals surface area contributed by atoms with Gasteiger partial charge in [-0.15, -0.1) is 11.6 Å². The second kappa shape index (κ2) is 5.70. The van der Waals surface area contributed by atoms with Gasteiger partial charge in [0.2, 0.25) is 5.91 Å². The first-order valence-electron chi connectivity index (χ1n) is 6.28. The smallest absolute Gasteiger partial charge is 0.245 e. The highest BCUT2D eigenvalue weighted by Gasteiger charge is 2.26. The number of benzene rings is 1. The van der Waals surface area contributed by atoms with E-state index < -0.39 is 5.38 Å². The number of amides is 1. The Morgan fingerprint density at radius 3 is 2.67 bits per heavy atom. The van der Waals surface area contributed by atoms with Crippen LogP contribution < -0.4 is 0 Å². The van der Waals surface area contributed by atoms with E-state index in [2.05, 4.69) is 0 Å². The first kappa shape index (κ1) is 13.3. The lowest BCUT2D eigenvalue weighted by molar-refractivity contribution is -0.131. The zero-order valence-electron chi connectivity index (χ0n) is 10.5. The summed E-state index contributed by atoms with van der Waals surface area (Å²) in [5, 5.41) is -0.779. The molecule has 1 atom stereocenters. The minimum atomic E-state index is -0.779. The SMILES string of the molecule is Cc1ccc(F)cc1C(Cl)C(=O)N1CCCCC1. The van der Waals surface area contributed by atoms with Crippen molar-refractivity contribution in [2.75, 3.05) is 13.1 Å². The molecule has 1 saturated heterocycles. The molecule has 1 aliphatic heterocycles. The lowest BCUT2D eigenvalue weighted by Crippen LogP contribution is -2.37. The van der Waals surface area contributed by atoms with Crippen LogP contribution in [0.2, 0.25) is 0 Å². The van der Waals surface area contributed by atoms with Gasteiger partial charge in [-0.3, -0.25) is 4.79 Å². The van der Waals surface area contributed by atoms with Gasteiger partial charge in [0, 0.05) is 13.1 Å². The Hall–Kier alpha value is -1.09. The molecule has 1 fully saturated rings. The van der Waals surface area contributed by atoms with E-state index in [-0.39, 0.29) is 11.7 Å². The average Bonchev–Trinajstić information content (AvgIpc) is 2.41. The maximum absolute atomic E-state index is 13.2. The minimum Gasteiger partial charge on any atom is -0.341 e. The van der Waals surface area contributed by atoms with Gasteiger partial charge in [-0.2, -0.15) is 0 Å². The van der Waals surface area contributed by atoms with Crippen LogP contribution in [0.25, 0.3) is 0 Å². The van der Waals surface area contributed by atoms with Gasteiger partial charge in [0.1, 0.15) is 11.2 Å². The van der Waals surface area contributed by atoms with Crippen LogP contribution >= 0.6 is 11.6 Å². The Morgan fingerprint density at radius 1 is 1.33 bits per heavy atom. The van der Waals surface area contributed by atoms with Crippen molar-refractivity contribution in [3.05, 3.63) is 35.1 Å². The number of likely N-dealkylation sites (tertiary alicyclic amines) is 1. The van der Waals surface area contributed by atoms with Crippen LogP contribution in [0.1, 0.15) is 35.8 Å². The van der Waals surface area contributed by atoms with Crippen LogP contribution in [0.15, 0.2) is 18.2 Å². The molecule has 0 radical (unpaired) electrons. The van der Waals surface area contributed by atoms with E-state index in [4.69, 9.17) is 11.6 Å². The highest BCUT2D eigenvalue weighted by molar-refractivity contribution is 6.30. The van der Waals surface area contributed by atoms with E-state index >= 15 is 0 Å². The van der Waals surface area contributed by atoms with Crippen LogP contribution in [0, 0.1) is 12.7 Å². The summed E-state index contributed by atoms with van der Waals surface area (Å²) in [6.07, 6.45) is 3.21. The molecule has 1 amide bonds. The molecule has 0 N–H and O–H groups in total. The molecule has 1 aromatic rings. The molecule has 2 nitrogen and oxygen atoms in total. The maximum atomic E-state index is 13.2. The summed E-state index contributed by atoms with van der Waals surface area (Å²) >= 11 is 6.21. The van der Waals surface area contributed by atoms with Gasteiger partial charge in [-0.05, 0) is 49.4 Å². The predicted octanol–water partition coefficient (Wildman–Crippen LogP) is 3.43. The Kier molecular flexibility index (Phi) is 4.23. The van der Waals surface area contributed by atoms with Crippen LogP contribution in [-0.2, 0) is 4.79 Å². The third-order valence-corrected chi connectivity index (χ3v) is 3.82. The van der Waals surface area contributed by atoms with Gasteiger partial charge < -0.3 is 4.90 Å². The van der Waals surface area contributed by atoms with Crippen molar-refractivity contribution in [1.82, 2.24) is 4.90 Å². The number of carbonyl (C=O) groups excluding carboxylic acids is 1. The van der Waals surface area contributed by atoms with Gasteiger partial charge in [-0.25, -0.2) is 4.39 Å². The highest BCUT2D eigenvalue weighted by atomic mass is 35.5. The molecule has 0 saturated carbocycles. The number of rotatable bonds is 2. The number of hydrogen-bond acceptors (Lipinski definition) is 1. The number of carbonyl (C=O) groups is 1. The molecule has 2 rings (SSSR count). The molecular weight excluding hydrogens is 253 g/mol. The fourth-order valence-corrected chi connectivity index (χ4v) is 2.67. The quantitative estimate of drug-likeness (QED) is 0.754. The van der Waals surface area contributed by atoms with Crippen molar-refractivity contribution in [2.45, 2.75) is 31.6 Å². The van der Waals surface area contributed by atoms with Crippen molar-refractivity contribution in [3.63, 3.8) is 0 Å². The zero-order valence-corrected chi connectivity index (χ0v) is 11.2. The number of aryl methyl sites for hydroxylation is 1. The Morgan fingerprint density at radius 2 is 2.00 bits per heavy atom. The van der Waals surface area contributed by atoms with Gasteiger partial charge >= 0.3 is 0 Å². The second-order valence-corrected chi connectivity index (χ2v) is 5.19. The van der Waals surface area contributed by atoms with Crippen molar-refractivity contribution in [1.29, 1.82) is 0 Å². The number of nitrogens with zero attached hydrogens (tertiary/aromatic N) is 1. The lowest BCUT2D eigenvalue weighted by Gasteiger charge is -2.29. The van der Waals surface area contributed by atoms with E-state index in [1.54, 1.807) is 11.0 Å². The summed E-state index contributed by atoms with van der Waals surface area (Å²) in [5.41, 5.74) is 1.42. The highest BCUT2D eigenvalue weighted by Crippen LogP contribution is 2.27. The molecule has 1 aliphatic rings. The Bertz CT molecular complexity index is 443. The predicted molar refractivity (Wildman–Crippen MR) is 70.2 cm³/mol. The van der Waals surface area contributed by atoms with Crippen molar-refractivity contribution in [3.8, 4) is 0 Å². The molecule has 0 aromatic heterocycles. The average molecular weight is 270 g/mol. The van der Waals surface area contributed by atoms with Gasteiger partial charge in [-0.1, -0.05) is 6.07 Å². The van der Waals surface area contributed by atoms with Crippen molar-refractivity contribution < 1.29 is 9.18 Å². The molecule has 98 valence electrons. The van der Waals surface area contributed by atoms with E-state index in [0.29, 0.717) is 5.56 Å². The van der Waals surface area contributed by atoms with Gasteiger partial charge in [0.15, 0.2) is 0 Å². The van der Waals surface area contributed by atoms with E-state index in [1.165, 1.54) is 12.1 Å². The normalized spacial score (nSPS) is 17.6. The summed E-state index contributed by atoms with van der Waals surface area (Å²) in [6.45, 7) is 3.36. The summed E-state index contributed by atoms with van der Waals surface area (Å²) < 4.78 is 13.2. The maximum Gasteiger partial charge on any atom is 0.245 e. The molecule has 0 spiro atoms. The molecule has 1 heterocycles. The third-order valence-electron chi connectivity index (χ3n) is 3.40. The van der Waals surface area contributed by atoms with Crippen LogP contribution in [0.3, 0.4) is 0 Å².